The highest BCUT2D eigenvalue weighted by Gasteiger charge is 1.85. The molecule has 0 aliphatic heterocycles. The van der Waals surface area contributed by atoms with Gasteiger partial charge in [-0.05, 0) is 6.92 Å². The second-order valence-electron chi connectivity index (χ2n) is 2.39. The molecule has 0 fully saturated rings. The monoisotopic (exact) mass is 216 g/mol. The van der Waals surface area contributed by atoms with Crippen molar-refractivity contribution < 1.29 is 13.2 Å². The number of nitrogens with two attached hydrogens (primary N) is 1. The van der Waals surface area contributed by atoms with Gasteiger partial charge < -0.3 is 5.73 Å². The lowest BCUT2D eigenvalue weighted by molar-refractivity contribution is 0.254. The van der Waals surface area contributed by atoms with Crippen LogP contribution in [-0.4, -0.2) is 14.4 Å². The predicted octanol–water partition coefficient (Wildman–Crippen LogP) is 0.176. The maximum absolute atomic E-state index is 9.54. The lowest BCUT2D eigenvalue weighted by atomic mass is 10.2. The van der Waals surface area contributed by atoms with Crippen LogP contribution in [0.5, 0.6) is 0 Å². The van der Waals surface area contributed by atoms with Crippen molar-refractivity contribution in [3.8, 4) is 0 Å². The van der Waals surface area contributed by atoms with Crippen molar-refractivity contribution in [3.63, 3.8) is 0 Å². The molecule has 0 saturated carbocycles. The molecule has 0 radical (unpaired) electrons. The highest BCUT2D eigenvalue weighted by molar-refractivity contribution is 7.70. The third-order valence-electron chi connectivity index (χ3n) is 1.14. The molecule has 1 aromatic carbocycles. The minimum Gasteiger partial charge on any atom is -0.351 e. The van der Waals surface area contributed by atoms with E-state index in [-0.39, 0.29) is 0 Å². The van der Waals surface area contributed by atoms with Gasteiger partial charge in [-0.2, -0.15) is 0 Å². The molecular formula is C8H12N2O3S. The van der Waals surface area contributed by atoms with Crippen molar-refractivity contribution in [2.75, 3.05) is 0 Å². The zero-order valence-corrected chi connectivity index (χ0v) is 8.53. The van der Waals surface area contributed by atoms with Crippen LogP contribution in [0, 0.1) is 6.92 Å². The fourth-order valence-electron chi connectivity index (χ4n) is 0.624. The van der Waals surface area contributed by atoms with Crippen LogP contribution in [0.15, 0.2) is 30.3 Å². The average molecular weight is 216 g/mol. The summed E-state index contributed by atoms with van der Waals surface area (Å²) < 4.78 is 20.3. The van der Waals surface area contributed by atoms with E-state index in [2.05, 4.69) is 24.8 Å². The van der Waals surface area contributed by atoms with Gasteiger partial charge in [0.25, 0.3) is 0 Å². The van der Waals surface area contributed by atoms with E-state index >= 15 is 0 Å². The van der Waals surface area contributed by atoms with Gasteiger partial charge in [0, 0.05) is 0 Å². The molecule has 0 aliphatic carbocycles. The number of rotatable bonds is 1. The van der Waals surface area contributed by atoms with Gasteiger partial charge >= 0.3 is 6.03 Å². The fourth-order valence-corrected chi connectivity index (χ4v) is 0.804. The first kappa shape index (κ1) is 12.4. The van der Waals surface area contributed by atoms with Crippen LogP contribution in [-0.2, 0) is 10.9 Å². The van der Waals surface area contributed by atoms with Gasteiger partial charge in [-0.3, -0.25) is 0 Å². The Hall–Kier alpha value is -1.56. The highest BCUT2D eigenvalue weighted by Crippen LogP contribution is 1.92. The molecule has 0 aromatic heterocycles. The first-order valence-corrected chi connectivity index (χ1v) is 4.92. The second kappa shape index (κ2) is 6.90. The maximum atomic E-state index is 9.54. The normalized spacial score (nSPS) is 8.71. The van der Waals surface area contributed by atoms with E-state index in [1.807, 2.05) is 18.2 Å². The number of thiol groups is 1. The number of primary amides is 1. The lowest BCUT2D eigenvalue weighted by Gasteiger charge is -1.82. The fraction of sp³-hybridized carbons (Fsp3) is 0.125. The lowest BCUT2D eigenvalue weighted by Crippen LogP contribution is -2.27. The Morgan fingerprint density at radius 3 is 1.93 bits per heavy atom. The topological polar surface area (TPSA) is 89.3 Å². The number of carbonyl (C=O) groups is 1. The molecule has 1 aromatic rings. The number of carbonyl (C=O) groups excluding carboxylic acids is 1. The molecule has 2 amide bonds. The van der Waals surface area contributed by atoms with Crippen molar-refractivity contribution in [2.24, 2.45) is 5.73 Å². The average Bonchev–Trinajstić information content (AvgIpc) is 2.03. The largest absolute Gasteiger partial charge is 0.351 e. The van der Waals surface area contributed by atoms with Crippen LogP contribution < -0.4 is 10.5 Å². The SMILES string of the molecule is Cc1ccccc1.NC(=O)N[SH](=O)=O. The van der Waals surface area contributed by atoms with Gasteiger partial charge in [-0.25, -0.2) is 17.9 Å². The summed E-state index contributed by atoms with van der Waals surface area (Å²) >= 11 is 0. The smallest absolute Gasteiger partial charge is 0.325 e. The Morgan fingerprint density at radius 1 is 1.29 bits per heavy atom. The molecule has 0 spiro atoms. The molecule has 0 heterocycles. The number of amides is 2. The minimum atomic E-state index is -2.86. The summed E-state index contributed by atoms with van der Waals surface area (Å²) in [5, 5.41) is 0. The molecule has 1 rings (SSSR count). The van der Waals surface area contributed by atoms with Crippen LogP contribution in [0.2, 0.25) is 0 Å². The standard InChI is InChI=1S/C7H8.CH4N2O3S/c1-7-5-3-2-4-6-7;2-1(4)3-7(5)6/h2-6H,1H3;7H,(H3,2,3,4,5,6). The summed E-state index contributed by atoms with van der Waals surface area (Å²) in [4.78, 5) is 9.54. The third-order valence-corrected chi connectivity index (χ3v) is 1.54. The molecule has 0 atom stereocenters. The number of urea groups is 1. The van der Waals surface area contributed by atoms with E-state index in [1.54, 1.807) is 0 Å². The molecule has 0 saturated heterocycles. The molecule has 5 nitrogen and oxygen atoms in total. The molecule has 6 heteroatoms. The predicted molar refractivity (Wildman–Crippen MR) is 54.2 cm³/mol. The Bertz CT molecular complexity index is 341. The Morgan fingerprint density at radius 2 is 1.79 bits per heavy atom. The van der Waals surface area contributed by atoms with Gasteiger partial charge in [0.1, 0.15) is 0 Å². The second-order valence-corrected chi connectivity index (χ2v) is 3.13. The van der Waals surface area contributed by atoms with E-state index in [1.165, 1.54) is 10.3 Å². The summed E-state index contributed by atoms with van der Waals surface area (Å²) in [6.07, 6.45) is 0. The van der Waals surface area contributed by atoms with Crippen LogP contribution in [0.4, 0.5) is 4.79 Å². The van der Waals surface area contributed by atoms with E-state index < -0.39 is 16.9 Å². The highest BCUT2D eigenvalue weighted by atomic mass is 32.2. The van der Waals surface area contributed by atoms with Crippen molar-refractivity contribution in [2.45, 2.75) is 6.92 Å². The first-order valence-electron chi connectivity index (χ1n) is 3.74. The summed E-state index contributed by atoms with van der Waals surface area (Å²) in [5.41, 5.74) is 5.68. The molecule has 14 heavy (non-hydrogen) atoms. The number of hydrogen-bond acceptors (Lipinski definition) is 3. The molecule has 3 N–H and O–H groups in total. The third kappa shape index (κ3) is 8.54. The zero-order chi connectivity index (χ0) is 11.0. The molecule has 0 unspecified atom stereocenters. The van der Waals surface area contributed by atoms with Gasteiger partial charge in [0.2, 0.25) is 10.9 Å². The van der Waals surface area contributed by atoms with Gasteiger partial charge in [0.05, 0.1) is 0 Å². The van der Waals surface area contributed by atoms with E-state index in [4.69, 9.17) is 0 Å². The van der Waals surface area contributed by atoms with Gasteiger partial charge in [-0.1, -0.05) is 35.9 Å². The van der Waals surface area contributed by atoms with Crippen LogP contribution in [0.25, 0.3) is 0 Å². The summed E-state index contributed by atoms with van der Waals surface area (Å²) in [6, 6.07) is 9.20. The Kier molecular flexibility index (Phi) is 6.13. The van der Waals surface area contributed by atoms with E-state index in [0.29, 0.717) is 0 Å². The van der Waals surface area contributed by atoms with Crippen molar-refractivity contribution in [1.29, 1.82) is 0 Å². The summed E-state index contributed by atoms with van der Waals surface area (Å²) in [6.45, 7) is 2.08. The summed E-state index contributed by atoms with van der Waals surface area (Å²) in [5.74, 6) is 0. The molecular weight excluding hydrogens is 204 g/mol. The molecule has 78 valence electrons. The van der Waals surface area contributed by atoms with Crippen molar-refractivity contribution in [1.82, 2.24) is 4.72 Å². The Balaban J connectivity index is 0.000000241. The van der Waals surface area contributed by atoms with Crippen LogP contribution in [0.3, 0.4) is 0 Å². The molecule has 0 bridgehead atoms. The van der Waals surface area contributed by atoms with Crippen molar-refractivity contribution >= 4 is 16.9 Å². The van der Waals surface area contributed by atoms with Gasteiger partial charge in [0.15, 0.2) is 0 Å². The zero-order valence-electron chi connectivity index (χ0n) is 7.64. The number of nitrogens with one attached hydrogen (secondary N) is 1. The maximum Gasteiger partial charge on any atom is 0.325 e. The van der Waals surface area contributed by atoms with E-state index in [9.17, 15) is 13.2 Å². The van der Waals surface area contributed by atoms with Crippen LogP contribution >= 0.6 is 0 Å². The van der Waals surface area contributed by atoms with E-state index in [0.717, 1.165) is 0 Å². The van der Waals surface area contributed by atoms with Crippen molar-refractivity contribution in [3.05, 3.63) is 35.9 Å². The first-order chi connectivity index (χ1) is 6.52. The summed E-state index contributed by atoms with van der Waals surface area (Å²) in [7, 11) is -2.86. The Labute approximate surface area is 84.0 Å². The number of aryl methyl sites for hydroxylation is 1. The van der Waals surface area contributed by atoms with Gasteiger partial charge in [-0.15, -0.1) is 0 Å². The number of benzene rings is 1. The quantitative estimate of drug-likeness (QED) is 0.585. The van der Waals surface area contributed by atoms with Crippen LogP contribution in [0.1, 0.15) is 5.56 Å². The molecule has 0 aliphatic rings. The number of hydrogen-bond donors (Lipinski definition) is 3. The minimum absolute atomic E-state index is 1.06.